The van der Waals surface area contributed by atoms with Crippen molar-refractivity contribution in [1.29, 1.82) is 0 Å². The van der Waals surface area contributed by atoms with E-state index >= 15 is 0 Å². The third-order valence-electron chi connectivity index (χ3n) is 2.41. The molecule has 0 aliphatic heterocycles. The molecule has 1 aromatic heterocycles. The Labute approximate surface area is 109 Å². The Morgan fingerprint density at radius 1 is 1.29 bits per heavy atom. The van der Waals surface area contributed by atoms with Crippen LogP contribution in [0.3, 0.4) is 0 Å². The van der Waals surface area contributed by atoms with Gasteiger partial charge in [-0.25, -0.2) is 0 Å². The fourth-order valence-corrected chi connectivity index (χ4v) is 1.92. The normalized spacial score (nSPS) is 10.5. The number of furan rings is 1. The highest BCUT2D eigenvalue weighted by atomic mass is 35.5. The van der Waals surface area contributed by atoms with Crippen molar-refractivity contribution in [3.63, 3.8) is 0 Å². The van der Waals surface area contributed by atoms with Gasteiger partial charge in [-0.1, -0.05) is 23.2 Å². The molecule has 0 fully saturated rings. The molecule has 0 amide bonds. The van der Waals surface area contributed by atoms with Crippen LogP contribution in [-0.4, -0.2) is 5.78 Å². The highest BCUT2D eigenvalue weighted by Crippen LogP contribution is 2.22. The summed E-state index contributed by atoms with van der Waals surface area (Å²) >= 11 is 11.9. The molecule has 1 aromatic carbocycles. The van der Waals surface area contributed by atoms with Crippen LogP contribution in [0.2, 0.25) is 10.0 Å². The molecule has 0 aliphatic rings. The van der Waals surface area contributed by atoms with E-state index in [2.05, 4.69) is 0 Å². The third kappa shape index (κ3) is 2.90. The molecule has 0 unspecified atom stereocenters. The van der Waals surface area contributed by atoms with Gasteiger partial charge in [0.15, 0.2) is 5.78 Å². The number of aryl methyl sites for hydroxylation is 1. The highest BCUT2D eigenvalue weighted by Gasteiger charge is 2.12. The van der Waals surface area contributed by atoms with Crippen molar-refractivity contribution in [3.05, 3.63) is 57.5 Å². The summed E-state index contributed by atoms with van der Waals surface area (Å²) < 4.78 is 5.10. The molecule has 1 heterocycles. The lowest BCUT2D eigenvalue weighted by atomic mass is 10.1. The number of hydrogen-bond acceptors (Lipinski definition) is 2. The second-order valence-electron chi connectivity index (χ2n) is 3.78. The predicted molar refractivity (Wildman–Crippen MR) is 67.9 cm³/mol. The van der Waals surface area contributed by atoms with E-state index in [1.54, 1.807) is 31.2 Å². The molecule has 0 aliphatic carbocycles. The van der Waals surface area contributed by atoms with Gasteiger partial charge in [0.05, 0.1) is 5.56 Å². The number of halogens is 2. The van der Waals surface area contributed by atoms with Crippen molar-refractivity contribution in [3.8, 4) is 0 Å². The minimum atomic E-state index is -0.0361. The first-order chi connectivity index (χ1) is 8.06. The van der Waals surface area contributed by atoms with Crippen LogP contribution in [0.25, 0.3) is 0 Å². The summed E-state index contributed by atoms with van der Waals surface area (Å²) in [6.45, 7) is 1.79. The molecule has 17 heavy (non-hydrogen) atoms. The first-order valence-electron chi connectivity index (χ1n) is 5.08. The molecule has 2 rings (SSSR count). The fraction of sp³-hybridized carbons (Fsp3) is 0.154. The molecule has 2 aromatic rings. The van der Waals surface area contributed by atoms with E-state index in [4.69, 9.17) is 27.6 Å². The molecular weight excluding hydrogens is 259 g/mol. The van der Waals surface area contributed by atoms with E-state index in [1.807, 2.05) is 0 Å². The second-order valence-corrected chi connectivity index (χ2v) is 4.63. The Morgan fingerprint density at radius 3 is 2.71 bits per heavy atom. The maximum absolute atomic E-state index is 11.9. The summed E-state index contributed by atoms with van der Waals surface area (Å²) in [5.41, 5.74) is 1.28. The van der Waals surface area contributed by atoms with Crippen LogP contribution < -0.4 is 0 Å². The largest absolute Gasteiger partial charge is 0.469 e. The van der Waals surface area contributed by atoms with Crippen molar-refractivity contribution < 1.29 is 9.21 Å². The average Bonchev–Trinajstić information content (AvgIpc) is 2.70. The minimum absolute atomic E-state index is 0.0361. The van der Waals surface area contributed by atoms with Gasteiger partial charge >= 0.3 is 0 Å². The van der Waals surface area contributed by atoms with E-state index in [0.717, 1.165) is 5.56 Å². The monoisotopic (exact) mass is 268 g/mol. The Bertz CT molecular complexity index is 558. The Balaban J connectivity index is 2.21. The van der Waals surface area contributed by atoms with Crippen LogP contribution in [0, 0.1) is 6.92 Å². The number of carbonyl (C=O) groups excluding carboxylic acids is 1. The van der Waals surface area contributed by atoms with Crippen LogP contribution in [0.15, 0.2) is 34.9 Å². The third-order valence-corrected chi connectivity index (χ3v) is 3.02. The van der Waals surface area contributed by atoms with Crippen LogP contribution in [0.4, 0.5) is 0 Å². The molecular formula is C13H10Cl2O2. The van der Waals surface area contributed by atoms with Gasteiger partial charge in [-0.05, 0) is 36.8 Å². The molecule has 0 radical (unpaired) electrons. The van der Waals surface area contributed by atoms with Crippen molar-refractivity contribution in [2.45, 2.75) is 13.3 Å². The van der Waals surface area contributed by atoms with Crippen LogP contribution in [0.1, 0.15) is 21.7 Å². The number of benzene rings is 1. The second kappa shape index (κ2) is 4.94. The topological polar surface area (TPSA) is 30.2 Å². The minimum Gasteiger partial charge on any atom is -0.469 e. The van der Waals surface area contributed by atoms with E-state index in [-0.39, 0.29) is 12.2 Å². The average molecular weight is 269 g/mol. The number of carbonyl (C=O) groups is 1. The zero-order valence-electron chi connectivity index (χ0n) is 9.17. The highest BCUT2D eigenvalue weighted by molar-refractivity contribution is 6.33. The van der Waals surface area contributed by atoms with E-state index < -0.39 is 0 Å². The SMILES string of the molecule is Cc1cc(C(=O)Cc2cc(Cl)ccc2Cl)co1. The van der Waals surface area contributed by atoms with Crippen molar-refractivity contribution in [2.24, 2.45) is 0 Å². The van der Waals surface area contributed by atoms with E-state index in [9.17, 15) is 4.79 Å². The predicted octanol–water partition coefficient (Wildman–Crippen LogP) is 4.32. The maximum Gasteiger partial charge on any atom is 0.170 e. The quantitative estimate of drug-likeness (QED) is 0.777. The number of hydrogen-bond donors (Lipinski definition) is 0. The molecule has 0 saturated heterocycles. The summed E-state index contributed by atoms with van der Waals surface area (Å²) in [7, 11) is 0. The van der Waals surface area contributed by atoms with Gasteiger partial charge in [0.25, 0.3) is 0 Å². The summed E-state index contributed by atoms with van der Waals surface area (Å²) in [4.78, 5) is 11.9. The Morgan fingerprint density at radius 2 is 2.06 bits per heavy atom. The fourth-order valence-electron chi connectivity index (χ4n) is 1.54. The lowest BCUT2D eigenvalue weighted by molar-refractivity contribution is 0.0992. The molecule has 0 spiro atoms. The molecule has 4 heteroatoms. The first-order valence-corrected chi connectivity index (χ1v) is 5.84. The molecule has 88 valence electrons. The van der Waals surface area contributed by atoms with Gasteiger partial charge in [-0.3, -0.25) is 4.79 Å². The number of rotatable bonds is 3. The van der Waals surface area contributed by atoms with Crippen LogP contribution in [-0.2, 0) is 6.42 Å². The van der Waals surface area contributed by atoms with Crippen molar-refractivity contribution in [1.82, 2.24) is 0 Å². The summed E-state index contributed by atoms with van der Waals surface area (Å²) in [6, 6.07) is 6.79. The first kappa shape index (κ1) is 12.2. The van der Waals surface area contributed by atoms with Crippen LogP contribution in [0.5, 0.6) is 0 Å². The van der Waals surface area contributed by atoms with Crippen molar-refractivity contribution in [2.75, 3.05) is 0 Å². The number of Topliss-reactive ketones (excluding diaryl/α,β-unsaturated/α-hetero) is 1. The summed E-state index contributed by atoms with van der Waals surface area (Å²) in [6.07, 6.45) is 1.68. The van der Waals surface area contributed by atoms with E-state index in [1.165, 1.54) is 6.26 Å². The van der Waals surface area contributed by atoms with Crippen LogP contribution >= 0.6 is 23.2 Å². The van der Waals surface area contributed by atoms with E-state index in [0.29, 0.717) is 21.4 Å². The van der Waals surface area contributed by atoms with Gasteiger partial charge in [0.2, 0.25) is 0 Å². The standard InChI is InChI=1S/C13H10Cl2O2/c1-8-4-10(7-17-8)13(16)6-9-5-11(14)2-3-12(9)15/h2-5,7H,6H2,1H3. The van der Waals surface area contributed by atoms with Gasteiger partial charge in [0, 0.05) is 16.5 Å². The maximum atomic E-state index is 11.9. The zero-order valence-corrected chi connectivity index (χ0v) is 10.7. The van der Waals surface area contributed by atoms with Gasteiger partial charge < -0.3 is 4.42 Å². The summed E-state index contributed by atoms with van der Waals surface area (Å²) in [5.74, 6) is 0.677. The Hall–Kier alpha value is -1.25. The Kier molecular flexibility index (Phi) is 3.55. The van der Waals surface area contributed by atoms with Gasteiger partial charge in [-0.15, -0.1) is 0 Å². The van der Waals surface area contributed by atoms with Crippen molar-refractivity contribution >= 4 is 29.0 Å². The van der Waals surface area contributed by atoms with Gasteiger partial charge in [-0.2, -0.15) is 0 Å². The lowest BCUT2D eigenvalue weighted by Gasteiger charge is -2.03. The number of ketones is 1. The smallest absolute Gasteiger partial charge is 0.170 e. The molecule has 2 nitrogen and oxygen atoms in total. The zero-order chi connectivity index (χ0) is 12.4. The molecule has 0 bridgehead atoms. The molecule has 0 atom stereocenters. The summed E-state index contributed by atoms with van der Waals surface area (Å²) in [5, 5.41) is 1.11. The molecule has 0 saturated carbocycles. The molecule has 0 N–H and O–H groups in total. The lowest BCUT2D eigenvalue weighted by Crippen LogP contribution is -2.02. The van der Waals surface area contributed by atoms with Gasteiger partial charge in [0.1, 0.15) is 12.0 Å².